The largest absolute Gasteiger partial charge is 0.386 e. The van der Waals surface area contributed by atoms with E-state index in [2.05, 4.69) is 15.3 Å². The molecular formula is C16H13F2N3O. The van der Waals surface area contributed by atoms with E-state index in [0.29, 0.717) is 11.2 Å². The molecule has 0 saturated heterocycles. The number of nitrogens with one attached hydrogen (secondary N) is 1. The number of aromatic nitrogens is 2. The van der Waals surface area contributed by atoms with Gasteiger partial charge in [0.1, 0.15) is 29.3 Å². The van der Waals surface area contributed by atoms with Crippen LogP contribution >= 0.6 is 0 Å². The van der Waals surface area contributed by atoms with Crippen LogP contribution in [0.4, 0.5) is 14.6 Å². The van der Waals surface area contributed by atoms with E-state index in [0.717, 1.165) is 0 Å². The maximum Gasteiger partial charge on any atom is 0.149 e. The first kappa shape index (κ1) is 14.3. The summed E-state index contributed by atoms with van der Waals surface area (Å²) in [5.74, 6) is -0.534. The van der Waals surface area contributed by atoms with Crippen LogP contribution in [0.3, 0.4) is 0 Å². The fourth-order valence-corrected chi connectivity index (χ4v) is 2.24. The van der Waals surface area contributed by atoms with E-state index in [4.69, 9.17) is 0 Å². The van der Waals surface area contributed by atoms with Crippen molar-refractivity contribution < 1.29 is 13.9 Å². The molecule has 112 valence electrons. The topological polar surface area (TPSA) is 58.0 Å². The smallest absolute Gasteiger partial charge is 0.149 e. The number of hydrogen-bond acceptors (Lipinski definition) is 4. The van der Waals surface area contributed by atoms with Gasteiger partial charge in [0.25, 0.3) is 0 Å². The van der Waals surface area contributed by atoms with Gasteiger partial charge < -0.3 is 10.4 Å². The van der Waals surface area contributed by atoms with Gasteiger partial charge in [-0.3, -0.25) is 0 Å². The van der Waals surface area contributed by atoms with Gasteiger partial charge in [0, 0.05) is 17.5 Å². The van der Waals surface area contributed by atoms with Crippen LogP contribution in [0.2, 0.25) is 0 Å². The summed E-state index contributed by atoms with van der Waals surface area (Å²) in [4.78, 5) is 7.93. The van der Waals surface area contributed by atoms with E-state index < -0.39 is 17.7 Å². The number of anilines is 1. The van der Waals surface area contributed by atoms with Crippen LogP contribution in [0.1, 0.15) is 11.7 Å². The summed E-state index contributed by atoms with van der Waals surface area (Å²) in [5, 5.41) is 13.5. The predicted molar refractivity (Wildman–Crippen MR) is 79.3 cm³/mol. The Bertz CT molecular complexity index is 810. The summed E-state index contributed by atoms with van der Waals surface area (Å²) in [6.45, 7) is 0.0452. The summed E-state index contributed by atoms with van der Waals surface area (Å²) >= 11 is 0. The molecule has 2 N–H and O–H groups in total. The van der Waals surface area contributed by atoms with Crippen molar-refractivity contribution in [1.29, 1.82) is 0 Å². The molecular weight excluding hydrogens is 288 g/mol. The van der Waals surface area contributed by atoms with Crippen LogP contribution in [0.5, 0.6) is 0 Å². The molecule has 0 bridgehead atoms. The molecule has 1 atom stereocenters. The van der Waals surface area contributed by atoms with Crippen molar-refractivity contribution in [3.63, 3.8) is 0 Å². The molecule has 1 aromatic heterocycles. The molecule has 2 aromatic carbocycles. The summed E-state index contributed by atoms with van der Waals surface area (Å²) in [5.41, 5.74) is 0.389. The maximum absolute atomic E-state index is 13.7. The van der Waals surface area contributed by atoms with Gasteiger partial charge in [0.2, 0.25) is 0 Å². The Labute approximate surface area is 125 Å². The Balaban J connectivity index is 1.83. The van der Waals surface area contributed by atoms with E-state index in [1.807, 2.05) is 0 Å². The van der Waals surface area contributed by atoms with Crippen LogP contribution in [0.25, 0.3) is 10.9 Å². The lowest BCUT2D eigenvalue weighted by Gasteiger charge is -2.14. The number of fused-ring (bicyclic) bond motifs is 1. The van der Waals surface area contributed by atoms with Gasteiger partial charge in [-0.1, -0.05) is 24.3 Å². The molecule has 0 saturated carbocycles. The molecule has 0 aliphatic rings. The highest BCUT2D eigenvalue weighted by Crippen LogP contribution is 2.23. The van der Waals surface area contributed by atoms with Gasteiger partial charge in [-0.15, -0.1) is 0 Å². The van der Waals surface area contributed by atoms with Crippen LogP contribution in [0, 0.1) is 11.6 Å². The first-order valence-corrected chi connectivity index (χ1v) is 6.72. The second-order valence-corrected chi connectivity index (χ2v) is 4.78. The minimum Gasteiger partial charge on any atom is -0.386 e. The molecule has 6 heteroatoms. The van der Waals surface area contributed by atoms with Crippen LogP contribution in [-0.2, 0) is 0 Å². The summed E-state index contributed by atoms with van der Waals surface area (Å²) in [6, 6.07) is 10.5. The van der Waals surface area contributed by atoms with Gasteiger partial charge in [0.05, 0.1) is 6.10 Å². The number of aliphatic hydroxyl groups is 1. The molecule has 1 heterocycles. The van der Waals surface area contributed by atoms with Crippen molar-refractivity contribution in [3.8, 4) is 0 Å². The molecule has 0 amide bonds. The fourth-order valence-electron chi connectivity index (χ4n) is 2.24. The molecule has 0 radical (unpaired) electrons. The van der Waals surface area contributed by atoms with Gasteiger partial charge in [0.15, 0.2) is 0 Å². The fraction of sp³-hybridized carbons (Fsp3) is 0.125. The van der Waals surface area contributed by atoms with E-state index in [1.165, 1.54) is 24.5 Å². The Morgan fingerprint density at radius 1 is 1.00 bits per heavy atom. The highest BCUT2D eigenvalue weighted by molar-refractivity contribution is 5.89. The minimum atomic E-state index is -1.04. The average Bonchev–Trinajstić information content (AvgIpc) is 2.53. The quantitative estimate of drug-likeness (QED) is 0.777. The second-order valence-electron chi connectivity index (χ2n) is 4.78. The van der Waals surface area contributed by atoms with Gasteiger partial charge in [-0.2, -0.15) is 0 Å². The van der Waals surface area contributed by atoms with Crippen molar-refractivity contribution in [3.05, 3.63) is 66.0 Å². The van der Waals surface area contributed by atoms with Crippen molar-refractivity contribution in [2.75, 3.05) is 11.9 Å². The Hall–Kier alpha value is -2.60. The standard InChI is InChI=1S/C16H13F2N3O/c17-12-6-2-1-4-10(12)14(22)8-19-16-11-5-3-7-13(18)15(11)20-9-21-16/h1-7,9,14,22H,8H2,(H,19,20,21). The lowest BCUT2D eigenvalue weighted by molar-refractivity contribution is 0.186. The van der Waals surface area contributed by atoms with E-state index in [-0.39, 0.29) is 17.6 Å². The number of halogens is 2. The first-order valence-electron chi connectivity index (χ1n) is 6.72. The van der Waals surface area contributed by atoms with Crippen LogP contribution in [-0.4, -0.2) is 21.6 Å². The second kappa shape index (κ2) is 6.03. The van der Waals surface area contributed by atoms with E-state index in [1.54, 1.807) is 24.3 Å². The maximum atomic E-state index is 13.7. The van der Waals surface area contributed by atoms with E-state index >= 15 is 0 Å². The van der Waals surface area contributed by atoms with Crippen molar-refractivity contribution in [2.24, 2.45) is 0 Å². The summed E-state index contributed by atoms with van der Waals surface area (Å²) in [6.07, 6.45) is 0.197. The van der Waals surface area contributed by atoms with Crippen molar-refractivity contribution in [2.45, 2.75) is 6.10 Å². The number of hydrogen-bond donors (Lipinski definition) is 2. The molecule has 0 spiro atoms. The monoisotopic (exact) mass is 301 g/mol. The first-order chi connectivity index (χ1) is 10.7. The highest BCUT2D eigenvalue weighted by Gasteiger charge is 2.13. The lowest BCUT2D eigenvalue weighted by Crippen LogP contribution is -2.14. The molecule has 4 nitrogen and oxygen atoms in total. The third-order valence-electron chi connectivity index (χ3n) is 3.34. The number of aliphatic hydroxyl groups excluding tert-OH is 1. The van der Waals surface area contributed by atoms with Gasteiger partial charge in [-0.25, -0.2) is 18.7 Å². The van der Waals surface area contributed by atoms with Crippen molar-refractivity contribution >= 4 is 16.7 Å². The molecule has 1 unspecified atom stereocenters. The molecule has 0 aliphatic carbocycles. The Morgan fingerprint density at radius 3 is 2.59 bits per heavy atom. The van der Waals surface area contributed by atoms with Crippen molar-refractivity contribution in [1.82, 2.24) is 9.97 Å². The van der Waals surface area contributed by atoms with Gasteiger partial charge in [-0.05, 0) is 18.2 Å². The number of para-hydroxylation sites is 1. The van der Waals surface area contributed by atoms with Crippen LogP contribution in [0.15, 0.2) is 48.8 Å². The zero-order valence-corrected chi connectivity index (χ0v) is 11.5. The molecule has 3 aromatic rings. The third-order valence-corrected chi connectivity index (χ3v) is 3.34. The zero-order valence-electron chi connectivity index (χ0n) is 11.5. The van der Waals surface area contributed by atoms with E-state index in [9.17, 15) is 13.9 Å². The lowest BCUT2D eigenvalue weighted by atomic mass is 10.1. The zero-order chi connectivity index (χ0) is 15.5. The Morgan fingerprint density at radius 2 is 1.77 bits per heavy atom. The molecule has 22 heavy (non-hydrogen) atoms. The van der Waals surface area contributed by atoms with Gasteiger partial charge >= 0.3 is 0 Å². The highest BCUT2D eigenvalue weighted by atomic mass is 19.1. The number of rotatable bonds is 4. The minimum absolute atomic E-state index is 0.0452. The van der Waals surface area contributed by atoms with Crippen LogP contribution < -0.4 is 5.32 Å². The summed E-state index contributed by atoms with van der Waals surface area (Å²) in [7, 11) is 0. The molecule has 0 fully saturated rings. The average molecular weight is 301 g/mol. The third kappa shape index (κ3) is 2.73. The molecule has 3 rings (SSSR count). The SMILES string of the molecule is OC(CNc1ncnc2c(F)cccc12)c1ccccc1F. The Kier molecular flexibility index (Phi) is 3.93. The summed E-state index contributed by atoms with van der Waals surface area (Å²) < 4.78 is 27.3. The number of nitrogens with zero attached hydrogens (tertiary/aromatic N) is 2. The number of benzene rings is 2. The normalized spacial score (nSPS) is 12.3. The predicted octanol–water partition coefficient (Wildman–Crippen LogP) is 3.05. The molecule has 0 aliphatic heterocycles.